The predicted octanol–water partition coefficient (Wildman–Crippen LogP) is 4.38. The molecule has 5 heteroatoms. The molecule has 0 amide bonds. The number of phenols is 3. The number of rotatable bonds is 4. The summed E-state index contributed by atoms with van der Waals surface area (Å²) >= 11 is 0. The molecule has 0 atom stereocenters. The number of phenolic OH excluding ortho intramolecular Hbond substituents is 3. The Labute approximate surface area is 138 Å². The van der Waals surface area contributed by atoms with Crippen molar-refractivity contribution in [2.75, 3.05) is 0 Å². The molecule has 3 N–H and O–H groups in total. The molecular weight excluding hydrogens is 306 g/mol. The van der Waals surface area contributed by atoms with Gasteiger partial charge < -0.3 is 15.3 Å². The lowest BCUT2D eigenvalue weighted by Gasteiger charge is -2.19. The fraction of sp³-hybridized carbons (Fsp3) is 0.0526. The monoisotopic (exact) mass is 321 g/mol. The molecular formula is C19H15NO4. The van der Waals surface area contributed by atoms with Gasteiger partial charge in [0.25, 0.3) is 0 Å². The molecule has 3 aromatic rings. The number of nitrogens with zero attached hydrogens (tertiary/aromatic N) is 1. The molecule has 0 fully saturated rings. The van der Waals surface area contributed by atoms with Crippen LogP contribution in [0.25, 0.3) is 0 Å². The normalized spacial score (nSPS) is 10.7. The van der Waals surface area contributed by atoms with Crippen LogP contribution in [0.15, 0.2) is 71.9 Å². The van der Waals surface area contributed by atoms with Crippen molar-refractivity contribution in [2.24, 2.45) is 5.18 Å². The first-order chi connectivity index (χ1) is 11.6. The molecule has 0 heterocycles. The highest BCUT2D eigenvalue weighted by Gasteiger charge is 2.18. The van der Waals surface area contributed by atoms with Crippen LogP contribution in [-0.4, -0.2) is 15.3 Å². The van der Waals surface area contributed by atoms with Gasteiger partial charge in [-0.15, -0.1) is 4.91 Å². The van der Waals surface area contributed by atoms with E-state index in [1.807, 2.05) is 0 Å². The molecule has 0 radical (unpaired) electrons. The van der Waals surface area contributed by atoms with Gasteiger partial charge in [0.1, 0.15) is 22.9 Å². The van der Waals surface area contributed by atoms with E-state index in [1.165, 1.54) is 12.1 Å². The van der Waals surface area contributed by atoms with Gasteiger partial charge in [0, 0.05) is 5.92 Å². The zero-order chi connectivity index (χ0) is 17.1. The standard InChI is InChI=1S/C19H15NO4/c21-15-6-1-12(2-7-15)19(13-3-8-16(22)9-4-13)14-5-10-17(20-24)18(23)11-14/h1-11,19,21-23H. The molecule has 24 heavy (non-hydrogen) atoms. The van der Waals surface area contributed by atoms with Gasteiger partial charge in [-0.25, -0.2) is 0 Å². The lowest BCUT2D eigenvalue weighted by atomic mass is 9.85. The van der Waals surface area contributed by atoms with Gasteiger partial charge in [0.2, 0.25) is 0 Å². The number of nitroso groups, excluding NO2 is 1. The molecule has 0 aliphatic rings. The summed E-state index contributed by atoms with van der Waals surface area (Å²) in [7, 11) is 0. The van der Waals surface area contributed by atoms with Crippen LogP contribution >= 0.6 is 0 Å². The SMILES string of the molecule is O=Nc1ccc(C(c2ccc(O)cc2)c2ccc(O)cc2)cc1O. The van der Waals surface area contributed by atoms with E-state index in [-0.39, 0.29) is 28.9 Å². The first kappa shape index (κ1) is 15.6. The highest BCUT2D eigenvalue weighted by molar-refractivity contribution is 5.56. The van der Waals surface area contributed by atoms with Crippen LogP contribution in [0.5, 0.6) is 17.2 Å². The second kappa shape index (κ2) is 6.42. The molecule has 0 saturated heterocycles. The topological polar surface area (TPSA) is 90.1 Å². The van der Waals surface area contributed by atoms with E-state index in [0.717, 1.165) is 16.7 Å². The number of benzene rings is 3. The zero-order valence-electron chi connectivity index (χ0n) is 12.6. The van der Waals surface area contributed by atoms with Crippen LogP contribution in [-0.2, 0) is 0 Å². The van der Waals surface area contributed by atoms with Crippen molar-refractivity contribution in [2.45, 2.75) is 5.92 Å². The van der Waals surface area contributed by atoms with Crippen molar-refractivity contribution in [3.05, 3.63) is 88.3 Å². The molecule has 3 aromatic carbocycles. The lowest BCUT2D eigenvalue weighted by Crippen LogP contribution is -2.03. The third-order valence-corrected chi connectivity index (χ3v) is 3.88. The van der Waals surface area contributed by atoms with E-state index in [1.54, 1.807) is 54.6 Å². The van der Waals surface area contributed by atoms with Gasteiger partial charge >= 0.3 is 0 Å². The van der Waals surface area contributed by atoms with E-state index in [2.05, 4.69) is 5.18 Å². The van der Waals surface area contributed by atoms with Crippen molar-refractivity contribution in [1.29, 1.82) is 0 Å². The Hall–Kier alpha value is -3.34. The number of aromatic hydroxyl groups is 3. The van der Waals surface area contributed by atoms with Crippen molar-refractivity contribution in [3.8, 4) is 17.2 Å². The molecule has 0 unspecified atom stereocenters. The van der Waals surface area contributed by atoms with Crippen LogP contribution in [0.3, 0.4) is 0 Å². The zero-order valence-corrected chi connectivity index (χ0v) is 12.6. The van der Waals surface area contributed by atoms with E-state index < -0.39 is 0 Å². The van der Waals surface area contributed by atoms with Gasteiger partial charge in [-0.3, -0.25) is 0 Å². The van der Waals surface area contributed by atoms with Crippen molar-refractivity contribution < 1.29 is 15.3 Å². The van der Waals surface area contributed by atoms with Gasteiger partial charge in [0.15, 0.2) is 0 Å². The number of hydrogen-bond acceptors (Lipinski definition) is 5. The Kier molecular flexibility index (Phi) is 4.16. The third kappa shape index (κ3) is 3.05. The molecule has 5 nitrogen and oxygen atoms in total. The van der Waals surface area contributed by atoms with E-state index in [9.17, 15) is 20.2 Å². The Bertz CT molecular complexity index is 812. The summed E-state index contributed by atoms with van der Waals surface area (Å²) in [6.45, 7) is 0. The van der Waals surface area contributed by atoms with Crippen molar-refractivity contribution in [1.82, 2.24) is 0 Å². The highest BCUT2D eigenvalue weighted by Crippen LogP contribution is 2.37. The van der Waals surface area contributed by atoms with Gasteiger partial charge in [0.05, 0.1) is 0 Å². The minimum Gasteiger partial charge on any atom is -0.508 e. The molecule has 0 spiro atoms. The Morgan fingerprint density at radius 3 is 1.54 bits per heavy atom. The summed E-state index contributed by atoms with van der Waals surface area (Å²) in [5.41, 5.74) is 2.53. The smallest absolute Gasteiger partial charge is 0.149 e. The van der Waals surface area contributed by atoms with E-state index in [4.69, 9.17) is 0 Å². The molecule has 0 aromatic heterocycles. The Morgan fingerprint density at radius 1 is 0.667 bits per heavy atom. The van der Waals surface area contributed by atoms with Crippen molar-refractivity contribution in [3.63, 3.8) is 0 Å². The largest absolute Gasteiger partial charge is 0.508 e. The van der Waals surface area contributed by atoms with Gasteiger partial charge in [-0.1, -0.05) is 30.3 Å². The van der Waals surface area contributed by atoms with Crippen LogP contribution < -0.4 is 0 Å². The summed E-state index contributed by atoms with van der Waals surface area (Å²) < 4.78 is 0. The van der Waals surface area contributed by atoms with Crippen LogP contribution in [0, 0.1) is 4.91 Å². The molecule has 0 aliphatic carbocycles. The minimum atomic E-state index is -0.238. The second-order valence-electron chi connectivity index (χ2n) is 5.46. The Morgan fingerprint density at radius 2 is 1.12 bits per heavy atom. The highest BCUT2D eigenvalue weighted by atomic mass is 16.3. The molecule has 3 rings (SSSR count). The summed E-state index contributed by atoms with van der Waals surface area (Å²) in [6.07, 6.45) is 0. The van der Waals surface area contributed by atoms with Gasteiger partial charge in [-0.2, -0.15) is 0 Å². The molecule has 120 valence electrons. The molecule has 0 bridgehead atoms. The van der Waals surface area contributed by atoms with Crippen LogP contribution in [0.2, 0.25) is 0 Å². The fourth-order valence-electron chi connectivity index (χ4n) is 2.71. The second-order valence-corrected chi connectivity index (χ2v) is 5.46. The molecule has 0 aliphatic heterocycles. The van der Waals surface area contributed by atoms with E-state index in [0.29, 0.717) is 0 Å². The average Bonchev–Trinajstić information content (AvgIpc) is 2.59. The minimum absolute atomic E-state index is 0.0195. The van der Waals surface area contributed by atoms with Crippen LogP contribution in [0.1, 0.15) is 22.6 Å². The maximum absolute atomic E-state index is 10.7. The van der Waals surface area contributed by atoms with Gasteiger partial charge in [-0.05, 0) is 58.3 Å². The Balaban J connectivity index is 2.14. The first-order valence-corrected chi connectivity index (χ1v) is 7.32. The average molecular weight is 321 g/mol. The van der Waals surface area contributed by atoms with Crippen LogP contribution in [0.4, 0.5) is 5.69 Å². The fourth-order valence-corrected chi connectivity index (χ4v) is 2.71. The van der Waals surface area contributed by atoms with E-state index >= 15 is 0 Å². The number of hydrogen-bond donors (Lipinski definition) is 3. The summed E-state index contributed by atoms with van der Waals surface area (Å²) in [4.78, 5) is 10.7. The predicted molar refractivity (Wildman–Crippen MR) is 90.7 cm³/mol. The summed E-state index contributed by atoms with van der Waals surface area (Å²) in [6, 6.07) is 18.2. The third-order valence-electron chi connectivity index (χ3n) is 3.88. The molecule has 0 saturated carbocycles. The summed E-state index contributed by atoms with van der Waals surface area (Å²) in [5.74, 6) is -0.110. The van der Waals surface area contributed by atoms with Crippen molar-refractivity contribution >= 4 is 5.69 Å². The lowest BCUT2D eigenvalue weighted by molar-refractivity contribution is 0.474. The summed E-state index contributed by atoms with van der Waals surface area (Å²) in [5, 5.41) is 31.7. The quantitative estimate of drug-likeness (QED) is 0.491. The maximum Gasteiger partial charge on any atom is 0.149 e. The maximum atomic E-state index is 10.7. The first-order valence-electron chi connectivity index (χ1n) is 7.32.